The first-order chi connectivity index (χ1) is 22.3. The summed E-state index contributed by atoms with van der Waals surface area (Å²) in [7, 11) is 0. The number of hydrogen-bond acceptors (Lipinski definition) is 2. The predicted octanol–water partition coefficient (Wildman–Crippen LogP) is 11.9. The quantitative estimate of drug-likeness (QED) is 0.184. The molecule has 0 atom stereocenters. The average Bonchev–Trinajstić information content (AvgIpc) is 3.13. The normalized spacial score (nSPS) is 11.1. The van der Waals surface area contributed by atoms with E-state index in [4.69, 9.17) is 4.98 Å². The van der Waals surface area contributed by atoms with Crippen LogP contribution in [0.25, 0.3) is 54.9 Å². The number of hydrogen-bond donors (Lipinski definition) is 0. The van der Waals surface area contributed by atoms with Gasteiger partial charge >= 0.3 is 0 Å². The molecular formula is C43H30N2. The fraction of sp³-hybridized carbons (Fsp3) is 0. The molecular weight excluding hydrogens is 544 g/mol. The van der Waals surface area contributed by atoms with Crippen LogP contribution in [0.15, 0.2) is 182 Å². The molecule has 0 aliphatic rings. The molecule has 0 aliphatic heterocycles. The van der Waals surface area contributed by atoms with Crippen molar-refractivity contribution in [2.24, 2.45) is 0 Å². The first-order valence-electron chi connectivity index (χ1n) is 15.3. The highest BCUT2D eigenvalue weighted by atomic mass is 15.2. The maximum atomic E-state index is 4.90. The molecule has 1 heterocycles. The van der Waals surface area contributed by atoms with Crippen molar-refractivity contribution in [1.29, 1.82) is 0 Å². The highest BCUT2D eigenvalue weighted by molar-refractivity contribution is 6.22. The fourth-order valence-electron chi connectivity index (χ4n) is 6.46. The molecule has 0 bridgehead atoms. The van der Waals surface area contributed by atoms with Crippen LogP contribution < -0.4 is 4.90 Å². The molecule has 7 aromatic carbocycles. The zero-order chi connectivity index (χ0) is 30.0. The summed E-state index contributed by atoms with van der Waals surface area (Å²) in [4.78, 5) is 7.22. The number of fused-ring (bicyclic) bond motifs is 2. The molecule has 2 nitrogen and oxygen atoms in total. The first-order valence-corrected chi connectivity index (χ1v) is 15.3. The summed E-state index contributed by atoms with van der Waals surface area (Å²) in [6.45, 7) is 0. The predicted molar refractivity (Wildman–Crippen MR) is 190 cm³/mol. The molecule has 0 spiro atoms. The van der Waals surface area contributed by atoms with Gasteiger partial charge in [-0.1, -0.05) is 146 Å². The molecule has 2 heteroatoms. The zero-order valence-corrected chi connectivity index (χ0v) is 24.7. The van der Waals surface area contributed by atoms with Crippen molar-refractivity contribution in [3.05, 3.63) is 182 Å². The highest BCUT2D eigenvalue weighted by Gasteiger charge is 2.23. The van der Waals surface area contributed by atoms with Crippen molar-refractivity contribution in [2.75, 3.05) is 4.90 Å². The van der Waals surface area contributed by atoms with Gasteiger partial charge in [-0.15, -0.1) is 0 Å². The Hall–Kier alpha value is -5.99. The van der Waals surface area contributed by atoms with Gasteiger partial charge in [-0.05, 0) is 74.5 Å². The molecule has 0 N–H and O–H groups in total. The number of pyridine rings is 1. The summed E-state index contributed by atoms with van der Waals surface area (Å²) in [6, 6.07) is 62.6. The van der Waals surface area contributed by atoms with E-state index in [1.165, 1.54) is 49.4 Å². The summed E-state index contributed by atoms with van der Waals surface area (Å²) in [6.07, 6.45) is 1.87. The minimum Gasteiger partial charge on any atom is -0.294 e. The second-order valence-corrected chi connectivity index (χ2v) is 11.2. The van der Waals surface area contributed by atoms with Gasteiger partial charge in [0.1, 0.15) is 5.82 Å². The van der Waals surface area contributed by atoms with E-state index in [2.05, 4.69) is 175 Å². The summed E-state index contributed by atoms with van der Waals surface area (Å²) in [5, 5.41) is 4.76. The van der Waals surface area contributed by atoms with Gasteiger partial charge in [0.25, 0.3) is 0 Å². The topological polar surface area (TPSA) is 16.1 Å². The van der Waals surface area contributed by atoms with Crippen LogP contribution in [-0.2, 0) is 0 Å². The zero-order valence-electron chi connectivity index (χ0n) is 24.7. The Morgan fingerprint density at radius 2 is 0.844 bits per heavy atom. The minimum absolute atomic E-state index is 0.872. The third-order valence-corrected chi connectivity index (χ3v) is 8.47. The standard InChI is InChI=1S/C43H30N2/c1-3-15-31(16-4-1)33-19-13-21-35(29-33)42-37-23-7-9-25-39(37)43(40-26-10-8-24-38(40)42)45(41-27-11-12-28-44-41)36-22-14-20-34(30-36)32-17-5-2-6-18-32/h1-30H. The maximum Gasteiger partial charge on any atom is 0.137 e. The van der Waals surface area contributed by atoms with Crippen LogP contribution >= 0.6 is 0 Å². The number of rotatable bonds is 6. The molecule has 0 amide bonds. The highest BCUT2D eigenvalue weighted by Crippen LogP contribution is 2.48. The molecule has 0 fully saturated rings. The van der Waals surface area contributed by atoms with E-state index in [9.17, 15) is 0 Å². The van der Waals surface area contributed by atoms with E-state index >= 15 is 0 Å². The van der Waals surface area contributed by atoms with Gasteiger partial charge in [-0.25, -0.2) is 4.98 Å². The number of benzene rings is 7. The lowest BCUT2D eigenvalue weighted by Gasteiger charge is -2.29. The van der Waals surface area contributed by atoms with Crippen molar-refractivity contribution in [3.63, 3.8) is 0 Å². The molecule has 212 valence electrons. The van der Waals surface area contributed by atoms with Crippen molar-refractivity contribution >= 4 is 38.7 Å². The largest absolute Gasteiger partial charge is 0.294 e. The van der Waals surface area contributed by atoms with Gasteiger partial charge in [-0.2, -0.15) is 0 Å². The van der Waals surface area contributed by atoms with Gasteiger partial charge < -0.3 is 0 Å². The van der Waals surface area contributed by atoms with Crippen LogP contribution in [-0.4, -0.2) is 4.98 Å². The molecule has 0 saturated carbocycles. The summed E-state index contributed by atoms with van der Waals surface area (Å²) in [5.41, 5.74) is 9.38. The van der Waals surface area contributed by atoms with E-state index in [1.807, 2.05) is 12.3 Å². The Morgan fingerprint density at radius 1 is 0.356 bits per heavy atom. The Bertz CT molecular complexity index is 2200. The average molecular weight is 575 g/mol. The molecule has 1 aromatic heterocycles. The second-order valence-electron chi connectivity index (χ2n) is 11.2. The monoisotopic (exact) mass is 574 g/mol. The van der Waals surface area contributed by atoms with Crippen LogP contribution in [0.1, 0.15) is 0 Å². The Kier molecular flexibility index (Phi) is 6.86. The van der Waals surface area contributed by atoms with Gasteiger partial charge in [0, 0.05) is 22.7 Å². The minimum atomic E-state index is 0.872. The van der Waals surface area contributed by atoms with Crippen molar-refractivity contribution in [1.82, 2.24) is 4.98 Å². The molecule has 45 heavy (non-hydrogen) atoms. The molecule has 0 radical (unpaired) electrons. The Labute approximate surface area is 263 Å². The SMILES string of the molecule is c1ccc(-c2cccc(-c3c4ccccc4c(N(c4cccc(-c5ccccc5)c4)c4ccccn4)c4ccccc34)c2)cc1. The lowest BCUT2D eigenvalue weighted by molar-refractivity contribution is 1.19. The molecule has 0 aliphatic carbocycles. The van der Waals surface area contributed by atoms with E-state index in [1.54, 1.807) is 0 Å². The smallest absolute Gasteiger partial charge is 0.137 e. The van der Waals surface area contributed by atoms with E-state index in [0.717, 1.165) is 22.8 Å². The van der Waals surface area contributed by atoms with Gasteiger partial charge in [-0.3, -0.25) is 4.90 Å². The summed E-state index contributed by atoms with van der Waals surface area (Å²) < 4.78 is 0. The molecule has 8 aromatic rings. The lowest BCUT2D eigenvalue weighted by Crippen LogP contribution is -2.13. The Morgan fingerprint density at radius 3 is 1.44 bits per heavy atom. The van der Waals surface area contributed by atoms with Crippen LogP contribution in [0, 0.1) is 0 Å². The van der Waals surface area contributed by atoms with Gasteiger partial charge in [0.2, 0.25) is 0 Å². The third-order valence-electron chi connectivity index (χ3n) is 8.47. The Balaban J connectivity index is 1.42. The fourth-order valence-corrected chi connectivity index (χ4v) is 6.46. The molecule has 8 rings (SSSR count). The second kappa shape index (κ2) is 11.6. The van der Waals surface area contributed by atoms with Crippen molar-refractivity contribution in [3.8, 4) is 33.4 Å². The van der Waals surface area contributed by atoms with Crippen LogP contribution in [0.5, 0.6) is 0 Å². The third kappa shape index (κ3) is 4.93. The van der Waals surface area contributed by atoms with E-state index < -0.39 is 0 Å². The van der Waals surface area contributed by atoms with Gasteiger partial charge in [0.05, 0.1) is 5.69 Å². The van der Waals surface area contributed by atoms with Crippen molar-refractivity contribution in [2.45, 2.75) is 0 Å². The number of anilines is 3. The maximum absolute atomic E-state index is 4.90. The van der Waals surface area contributed by atoms with E-state index in [-0.39, 0.29) is 0 Å². The lowest BCUT2D eigenvalue weighted by atomic mass is 9.89. The van der Waals surface area contributed by atoms with Crippen molar-refractivity contribution < 1.29 is 0 Å². The number of nitrogens with zero attached hydrogens (tertiary/aromatic N) is 2. The summed E-state index contributed by atoms with van der Waals surface area (Å²) >= 11 is 0. The van der Waals surface area contributed by atoms with Crippen LogP contribution in [0.3, 0.4) is 0 Å². The van der Waals surface area contributed by atoms with E-state index in [0.29, 0.717) is 0 Å². The molecule has 0 saturated heterocycles. The number of aromatic nitrogens is 1. The summed E-state index contributed by atoms with van der Waals surface area (Å²) in [5.74, 6) is 0.872. The van der Waals surface area contributed by atoms with Crippen LogP contribution in [0.2, 0.25) is 0 Å². The van der Waals surface area contributed by atoms with Gasteiger partial charge in [0.15, 0.2) is 0 Å². The van der Waals surface area contributed by atoms with Crippen LogP contribution in [0.4, 0.5) is 17.2 Å². The molecule has 0 unspecified atom stereocenters. The first kappa shape index (κ1) is 26.6.